The number of fused-ring (bicyclic) bond motifs is 1. The summed E-state index contributed by atoms with van der Waals surface area (Å²) in [6, 6.07) is 9.64. The molecule has 0 radical (unpaired) electrons. The molecule has 1 aliphatic rings. The number of hydrogen-bond acceptors (Lipinski definition) is 7. The highest BCUT2D eigenvalue weighted by Gasteiger charge is 2.28. The Bertz CT molecular complexity index is 1320. The fraction of sp³-hybridized carbons (Fsp3) is 0.0526. The smallest absolute Gasteiger partial charge is 0.253 e. The van der Waals surface area contributed by atoms with Gasteiger partial charge in [0, 0.05) is 0 Å². The molecule has 1 aliphatic heterocycles. The van der Waals surface area contributed by atoms with Gasteiger partial charge in [-0.2, -0.15) is 0 Å². The van der Waals surface area contributed by atoms with Crippen LogP contribution in [0.2, 0.25) is 5.02 Å². The fourth-order valence-corrected chi connectivity index (χ4v) is 4.59. The maximum Gasteiger partial charge on any atom is 0.253 e. The number of phenolic OH excluding ortho intramolecular Hbond substituents is 1. The standard InChI is InChI=1S/C19H13ClN2O5S/c20-11-5-1-2-6-12(11)21-14-15(18(25)17(14)24)22-13-8-7-10-4-3-9-28(26,27)19(10)16(13)23/h1-8,21-23H,9H2. The van der Waals surface area contributed by atoms with Gasteiger partial charge < -0.3 is 15.7 Å². The first-order valence-electron chi connectivity index (χ1n) is 8.17. The van der Waals surface area contributed by atoms with E-state index in [0.29, 0.717) is 16.3 Å². The van der Waals surface area contributed by atoms with E-state index in [2.05, 4.69) is 10.6 Å². The summed E-state index contributed by atoms with van der Waals surface area (Å²) in [5.41, 5.74) is -0.825. The molecule has 9 heteroatoms. The fourth-order valence-electron chi connectivity index (χ4n) is 2.99. The predicted octanol–water partition coefficient (Wildman–Crippen LogP) is 2.93. The van der Waals surface area contributed by atoms with Gasteiger partial charge in [0.15, 0.2) is 15.6 Å². The molecule has 7 nitrogen and oxygen atoms in total. The van der Waals surface area contributed by atoms with Gasteiger partial charge in [-0.15, -0.1) is 0 Å². The maximum atomic E-state index is 12.3. The third-order valence-corrected chi connectivity index (χ3v) is 6.40. The highest BCUT2D eigenvalue weighted by molar-refractivity contribution is 7.91. The molecule has 4 rings (SSSR count). The molecule has 0 bridgehead atoms. The van der Waals surface area contributed by atoms with Crippen LogP contribution in [0.1, 0.15) is 5.56 Å². The molecule has 0 amide bonds. The van der Waals surface area contributed by atoms with E-state index < -0.39 is 26.4 Å². The molecular weight excluding hydrogens is 404 g/mol. The second-order valence-electron chi connectivity index (χ2n) is 6.20. The highest BCUT2D eigenvalue weighted by Crippen LogP contribution is 2.39. The Hall–Kier alpha value is -3.10. The number of anilines is 4. The molecule has 3 N–H and O–H groups in total. The van der Waals surface area contributed by atoms with Crippen molar-refractivity contribution in [3.8, 4) is 5.75 Å². The zero-order valence-corrected chi connectivity index (χ0v) is 15.8. The van der Waals surface area contributed by atoms with Gasteiger partial charge in [0.25, 0.3) is 10.9 Å². The normalized spacial score (nSPS) is 14.6. The van der Waals surface area contributed by atoms with Crippen molar-refractivity contribution in [2.24, 2.45) is 0 Å². The van der Waals surface area contributed by atoms with Crippen molar-refractivity contribution in [2.45, 2.75) is 4.90 Å². The predicted molar refractivity (Wildman–Crippen MR) is 109 cm³/mol. The molecule has 0 saturated heterocycles. The molecule has 0 spiro atoms. The van der Waals surface area contributed by atoms with E-state index in [0.717, 1.165) is 0 Å². The van der Waals surface area contributed by atoms with Crippen LogP contribution >= 0.6 is 11.6 Å². The molecule has 0 unspecified atom stereocenters. The van der Waals surface area contributed by atoms with Crippen LogP contribution in [0, 0.1) is 0 Å². The summed E-state index contributed by atoms with van der Waals surface area (Å²) in [5.74, 6) is -0.727. The SMILES string of the molecule is O=c1c(Nc2ccccc2Cl)c(Nc2ccc3c(c2O)S(=O)(=O)CC=C3)c1=O. The Balaban J connectivity index is 1.73. The van der Waals surface area contributed by atoms with Crippen molar-refractivity contribution in [1.29, 1.82) is 0 Å². The minimum Gasteiger partial charge on any atom is -0.504 e. The molecule has 28 heavy (non-hydrogen) atoms. The van der Waals surface area contributed by atoms with E-state index in [1.807, 2.05) is 0 Å². The summed E-state index contributed by atoms with van der Waals surface area (Å²) in [6.45, 7) is 0. The minimum atomic E-state index is -3.69. The van der Waals surface area contributed by atoms with Gasteiger partial charge in [-0.05, 0) is 23.8 Å². The number of para-hydroxylation sites is 1. The highest BCUT2D eigenvalue weighted by atomic mass is 35.5. The van der Waals surface area contributed by atoms with Crippen LogP contribution in [0.5, 0.6) is 5.75 Å². The van der Waals surface area contributed by atoms with Crippen LogP contribution in [-0.2, 0) is 9.84 Å². The molecule has 0 aliphatic carbocycles. The Labute approximate surface area is 164 Å². The van der Waals surface area contributed by atoms with Gasteiger partial charge in [-0.3, -0.25) is 9.59 Å². The van der Waals surface area contributed by atoms with E-state index >= 15 is 0 Å². The number of hydrogen-bond donors (Lipinski definition) is 3. The molecule has 0 fully saturated rings. The lowest BCUT2D eigenvalue weighted by molar-refractivity contribution is 0.461. The summed E-state index contributed by atoms with van der Waals surface area (Å²) in [4.78, 5) is 23.8. The van der Waals surface area contributed by atoms with Gasteiger partial charge in [0.2, 0.25) is 0 Å². The average molecular weight is 417 g/mol. The Morgan fingerprint density at radius 2 is 1.57 bits per heavy atom. The van der Waals surface area contributed by atoms with Crippen molar-refractivity contribution in [2.75, 3.05) is 16.4 Å². The monoisotopic (exact) mass is 416 g/mol. The number of nitrogens with one attached hydrogen (secondary N) is 2. The Morgan fingerprint density at radius 1 is 0.929 bits per heavy atom. The number of benzene rings is 2. The number of phenols is 1. The lowest BCUT2D eigenvalue weighted by Crippen LogP contribution is -2.35. The first-order valence-corrected chi connectivity index (χ1v) is 10.2. The van der Waals surface area contributed by atoms with Crippen LogP contribution in [0.4, 0.5) is 22.7 Å². The zero-order chi connectivity index (χ0) is 20.1. The summed E-state index contributed by atoms with van der Waals surface area (Å²) in [7, 11) is -3.69. The molecule has 1 heterocycles. The van der Waals surface area contributed by atoms with Gasteiger partial charge in [0.1, 0.15) is 16.3 Å². The van der Waals surface area contributed by atoms with Crippen LogP contribution in [0.25, 0.3) is 6.08 Å². The van der Waals surface area contributed by atoms with E-state index in [4.69, 9.17) is 11.6 Å². The maximum absolute atomic E-state index is 12.3. The van der Waals surface area contributed by atoms with Gasteiger partial charge >= 0.3 is 0 Å². The van der Waals surface area contributed by atoms with Gasteiger partial charge in [0.05, 0.1) is 22.2 Å². The molecule has 142 valence electrons. The van der Waals surface area contributed by atoms with E-state index in [1.165, 1.54) is 18.2 Å². The van der Waals surface area contributed by atoms with E-state index in [9.17, 15) is 23.1 Å². The second-order valence-corrected chi connectivity index (χ2v) is 8.58. The quantitative estimate of drug-likeness (QED) is 0.442. The van der Waals surface area contributed by atoms with E-state index in [1.54, 1.807) is 30.3 Å². The molecule has 0 saturated carbocycles. The third kappa shape index (κ3) is 2.87. The number of sulfone groups is 1. The van der Waals surface area contributed by atoms with E-state index in [-0.39, 0.29) is 27.7 Å². The topological polar surface area (TPSA) is 113 Å². The number of aromatic hydroxyl groups is 1. The summed E-state index contributed by atoms with van der Waals surface area (Å²) in [6.07, 6.45) is 3.09. The summed E-state index contributed by atoms with van der Waals surface area (Å²) >= 11 is 6.06. The van der Waals surface area contributed by atoms with Gasteiger partial charge in [-0.25, -0.2) is 8.42 Å². The first-order chi connectivity index (χ1) is 13.3. The van der Waals surface area contributed by atoms with Gasteiger partial charge in [-0.1, -0.05) is 42.0 Å². The Morgan fingerprint density at radius 3 is 2.25 bits per heavy atom. The molecular formula is C19H13ClN2O5S. The lowest BCUT2D eigenvalue weighted by Gasteiger charge is -2.19. The van der Waals surface area contributed by atoms with Crippen molar-refractivity contribution in [3.05, 3.63) is 73.5 Å². The summed E-state index contributed by atoms with van der Waals surface area (Å²) < 4.78 is 24.6. The molecule has 3 aromatic carbocycles. The van der Waals surface area contributed by atoms with Crippen molar-refractivity contribution >= 4 is 50.3 Å². The number of halogens is 1. The van der Waals surface area contributed by atoms with Crippen molar-refractivity contribution in [1.82, 2.24) is 0 Å². The Kier molecular flexibility index (Phi) is 4.24. The third-order valence-electron chi connectivity index (χ3n) is 4.39. The molecule has 3 aromatic rings. The zero-order valence-electron chi connectivity index (χ0n) is 14.2. The lowest BCUT2D eigenvalue weighted by atomic mass is 10.1. The average Bonchev–Trinajstić information content (AvgIpc) is 2.66. The van der Waals surface area contributed by atoms with Crippen LogP contribution in [-0.4, -0.2) is 19.3 Å². The largest absolute Gasteiger partial charge is 0.504 e. The number of rotatable bonds is 4. The summed E-state index contributed by atoms with van der Waals surface area (Å²) in [5, 5.41) is 16.3. The minimum absolute atomic E-state index is 0.00642. The first kappa shape index (κ1) is 18.3. The molecule has 0 aromatic heterocycles. The van der Waals surface area contributed by atoms with Crippen LogP contribution < -0.4 is 21.5 Å². The molecule has 0 atom stereocenters. The second kappa shape index (κ2) is 6.50. The van der Waals surface area contributed by atoms with Crippen molar-refractivity contribution < 1.29 is 13.5 Å². The van der Waals surface area contributed by atoms with Crippen LogP contribution in [0.15, 0.2) is 57.0 Å². The van der Waals surface area contributed by atoms with Crippen LogP contribution in [0.3, 0.4) is 0 Å². The van der Waals surface area contributed by atoms with Crippen molar-refractivity contribution in [3.63, 3.8) is 0 Å².